The van der Waals surface area contributed by atoms with Crippen LogP contribution in [0.4, 0.5) is 0 Å². The van der Waals surface area contributed by atoms with Crippen LogP contribution in [-0.4, -0.2) is 35.2 Å². The fraction of sp³-hybridized carbons (Fsp3) is 0.318. The minimum atomic E-state index is -0.324. The van der Waals surface area contributed by atoms with Crippen molar-refractivity contribution in [1.82, 2.24) is 10.2 Å². The number of nitrogens with one attached hydrogen (secondary N) is 1. The van der Waals surface area contributed by atoms with Crippen LogP contribution < -0.4 is 5.32 Å². The first-order chi connectivity index (χ1) is 13.4. The molecule has 1 heterocycles. The second kappa shape index (κ2) is 7.17. The summed E-state index contributed by atoms with van der Waals surface area (Å²) in [7, 11) is 0. The van der Waals surface area contributed by atoms with Crippen molar-refractivity contribution >= 4 is 33.7 Å². The first-order valence-electron chi connectivity index (χ1n) is 9.43. The second-order valence-electron chi connectivity index (χ2n) is 7.51. The van der Waals surface area contributed by atoms with Crippen LogP contribution in [0, 0.1) is 0 Å². The van der Waals surface area contributed by atoms with E-state index in [0.717, 1.165) is 22.2 Å². The summed E-state index contributed by atoms with van der Waals surface area (Å²) < 4.78 is 1.03. The average molecular weight is 441 g/mol. The second-order valence-corrected chi connectivity index (χ2v) is 8.43. The Morgan fingerprint density at radius 2 is 1.64 bits per heavy atom. The summed E-state index contributed by atoms with van der Waals surface area (Å²) in [6.45, 7) is 2.12. The third-order valence-electron chi connectivity index (χ3n) is 5.85. The monoisotopic (exact) mass is 440 g/mol. The molecule has 2 aliphatic rings. The lowest BCUT2D eigenvalue weighted by Crippen LogP contribution is -2.43. The lowest BCUT2D eigenvalue weighted by Gasteiger charge is -2.25. The van der Waals surface area contributed by atoms with E-state index in [1.807, 2.05) is 19.1 Å². The molecule has 1 aliphatic heterocycles. The van der Waals surface area contributed by atoms with Gasteiger partial charge in [-0.2, -0.15) is 0 Å². The van der Waals surface area contributed by atoms with Crippen LogP contribution in [0.15, 0.2) is 53.0 Å². The van der Waals surface area contributed by atoms with Crippen molar-refractivity contribution in [3.63, 3.8) is 0 Å². The summed E-state index contributed by atoms with van der Waals surface area (Å²) in [5, 5.41) is 3.07. The van der Waals surface area contributed by atoms with Gasteiger partial charge in [0.2, 0.25) is 5.91 Å². The number of imide groups is 1. The van der Waals surface area contributed by atoms with Gasteiger partial charge in [-0.3, -0.25) is 19.3 Å². The van der Waals surface area contributed by atoms with Crippen LogP contribution in [0.25, 0.3) is 0 Å². The standard InChI is InChI=1S/C22H21BrN2O3/c1-14(22(11-12-22)15-6-8-16(23)9-7-15)24-19(26)10-13-25-20(27)17-4-2-3-5-18(17)21(25)28/h2-9,14H,10-13H2,1H3,(H,24,26). The zero-order valence-corrected chi connectivity index (χ0v) is 17.2. The highest BCUT2D eigenvalue weighted by molar-refractivity contribution is 9.10. The molecular weight excluding hydrogens is 420 g/mol. The van der Waals surface area contributed by atoms with Gasteiger partial charge in [-0.15, -0.1) is 0 Å². The molecule has 1 saturated carbocycles. The lowest BCUT2D eigenvalue weighted by molar-refractivity contribution is -0.122. The third kappa shape index (κ3) is 3.26. The summed E-state index contributed by atoms with van der Waals surface area (Å²) in [5.41, 5.74) is 2.03. The maximum atomic E-state index is 12.5. The predicted molar refractivity (Wildman–Crippen MR) is 109 cm³/mol. The van der Waals surface area contributed by atoms with Crippen molar-refractivity contribution in [3.05, 3.63) is 69.7 Å². The number of halogens is 1. The molecule has 5 nitrogen and oxygen atoms in total. The number of hydrogen-bond acceptors (Lipinski definition) is 3. The fourth-order valence-corrected chi connectivity index (χ4v) is 4.26. The summed E-state index contributed by atoms with van der Waals surface area (Å²) >= 11 is 3.45. The molecule has 1 N–H and O–H groups in total. The molecule has 6 heteroatoms. The van der Waals surface area contributed by atoms with Crippen LogP contribution in [0.2, 0.25) is 0 Å². The molecule has 4 rings (SSSR count). The number of amides is 3. The maximum absolute atomic E-state index is 12.5. The highest BCUT2D eigenvalue weighted by atomic mass is 79.9. The van der Waals surface area contributed by atoms with Gasteiger partial charge in [-0.1, -0.05) is 40.2 Å². The predicted octanol–water partition coefficient (Wildman–Crippen LogP) is 3.67. The van der Waals surface area contributed by atoms with Gasteiger partial charge in [0, 0.05) is 28.9 Å². The molecule has 1 unspecified atom stereocenters. The number of carbonyl (C=O) groups is 3. The van der Waals surface area contributed by atoms with E-state index in [2.05, 4.69) is 33.4 Å². The van der Waals surface area contributed by atoms with Gasteiger partial charge in [0.05, 0.1) is 11.1 Å². The fourth-order valence-electron chi connectivity index (χ4n) is 4.00. The number of benzene rings is 2. The molecule has 1 fully saturated rings. The van der Waals surface area contributed by atoms with Crippen molar-refractivity contribution in [3.8, 4) is 0 Å². The molecule has 0 spiro atoms. The molecule has 0 aromatic heterocycles. The minimum Gasteiger partial charge on any atom is -0.353 e. The Morgan fingerprint density at radius 1 is 1.07 bits per heavy atom. The number of rotatable bonds is 6. The number of fused-ring (bicyclic) bond motifs is 1. The van der Waals surface area contributed by atoms with Gasteiger partial charge >= 0.3 is 0 Å². The third-order valence-corrected chi connectivity index (χ3v) is 6.38. The van der Waals surface area contributed by atoms with Gasteiger partial charge in [-0.05, 0) is 49.6 Å². The van der Waals surface area contributed by atoms with Crippen molar-refractivity contribution in [2.24, 2.45) is 0 Å². The van der Waals surface area contributed by atoms with Gasteiger partial charge in [0.15, 0.2) is 0 Å². The molecule has 2 aromatic rings. The molecule has 1 atom stereocenters. The molecule has 2 aromatic carbocycles. The smallest absolute Gasteiger partial charge is 0.261 e. The van der Waals surface area contributed by atoms with E-state index in [4.69, 9.17) is 0 Å². The van der Waals surface area contributed by atoms with Gasteiger partial charge < -0.3 is 5.32 Å². The first-order valence-corrected chi connectivity index (χ1v) is 10.2. The Kier molecular flexibility index (Phi) is 4.83. The average Bonchev–Trinajstić information content (AvgIpc) is 3.46. The van der Waals surface area contributed by atoms with Crippen LogP contribution >= 0.6 is 15.9 Å². The van der Waals surface area contributed by atoms with Crippen LogP contribution in [0.5, 0.6) is 0 Å². The van der Waals surface area contributed by atoms with Gasteiger partial charge in [0.25, 0.3) is 11.8 Å². The SMILES string of the molecule is CC(NC(=O)CCN1C(=O)c2ccccc2C1=O)C1(c2ccc(Br)cc2)CC1. The summed E-state index contributed by atoms with van der Waals surface area (Å²) in [4.78, 5) is 38.4. The largest absolute Gasteiger partial charge is 0.353 e. The zero-order valence-electron chi connectivity index (χ0n) is 15.6. The molecular formula is C22H21BrN2O3. The summed E-state index contributed by atoms with van der Waals surface area (Å²) in [6.07, 6.45) is 2.18. The number of hydrogen-bond donors (Lipinski definition) is 1. The van der Waals surface area contributed by atoms with Crippen LogP contribution in [0.1, 0.15) is 52.5 Å². The number of nitrogens with zero attached hydrogens (tertiary/aromatic N) is 1. The van der Waals surface area contributed by atoms with E-state index in [0.29, 0.717) is 11.1 Å². The van der Waals surface area contributed by atoms with E-state index in [-0.39, 0.29) is 42.1 Å². The minimum absolute atomic E-state index is 0.0108. The van der Waals surface area contributed by atoms with E-state index in [9.17, 15) is 14.4 Å². The molecule has 1 aliphatic carbocycles. The Balaban J connectivity index is 1.36. The summed E-state index contributed by atoms with van der Waals surface area (Å²) in [5.74, 6) is -0.794. The van der Waals surface area contributed by atoms with Crippen LogP contribution in [-0.2, 0) is 10.2 Å². The maximum Gasteiger partial charge on any atom is 0.261 e. The molecule has 0 bridgehead atoms. The van der Waals surface area contributed by atoms with Crippen molar-refractivity contribution in [1.29, 1.82) is 0 Å². The molecule has 28 heavy (non-hydrogen) atoms. The Bertz CT molecular complexity index is 916. The molecule has 144 valence electrons. The quantitative estimate of drug-likeness (QED) is 0.696. The Hall–Kier alpha value is -2.47. The molecule has 0 radical (unpaired) electrons. The van der Waals surface area contributed by atoms with Gasteiger partial charge in [-0.25, -0.2) is 0 Å². The highest BCUT2D eigenvalue weighted by Crippen LogP contribution is 2.51. The lowest BCUT2D eigenvalue weighted by atomic mass is 9.89. The van der Waals surface area contributed by atoms with Crippen molar-refractivity contribution in [2.45, 2.75) is 37.6 Å². The van der Waals surface area contributed by atoms with E-state index < -0.39 is 0 Å². The Morgan fingerprint density at radius 3 is 2.18 bits per heavy atom. The zero-order chi connectivity index (χ0) is 19.9. The van der Waals surface area contributed by atoms with Crippen molar-refractivity contribution < 1.29 is 14.4 Å². The molecule has 3 amide bonds. The normalized spacial score (nSPS) is 18.0. The highest BCUT2D eigenvalue weighted by Gasteiger charge is 2.49. The van der Waals surface area contributed by atoms with E-state index in [1.165, 1.54) is 5.56 Å². The van der Waals surface area contributed by atoms with E-state index in [1.54, 1.807) is 24.3 Å². The first kappa shape index (κ1) is 18.9. The molecule has 0 saturated heterocycles. The Labute approximate surface area is 172 Å². The number of carbonyl (C=O) groups excluding carboxylic acids is 3. The summed E-state index contributed by atoms with van der Waals surface area (Å²) in [6, 6.07) is 15.0. The van der Waals surface area contributed by atoms with Crippen molar-refractivity contribution in [2.75, 3.05) is 6.54 Å². The topological polar surface area (TPSA) is 66.5 Å². The van der Waals surface area contributed by atoms with Crippen LogP contribution in [0.3, 0.4) is 0 Å². The van der Waals surface area contributed by atoms with Gasteiger partial charge in [0.1, 0.15) is 0 Å². The van der Waals surface area contributed by atoms with E-state index >= 15 is 0 Å².